The molecule has 2 rings (SSSR count). The molecule has 0 bridgehead atoms. The van der Waals surface area contributed by atoms with Crippen molar-refractivity contribution in [3.8, 4) is 0 Å². The van der Waals surface area contributed by atoms with Crippen LogP contribution in [0, 0.1) is 0 Å². The summed E-state index contributed by atoms with van der Waals surface area (Å²) < 4.78 is 1.66. The lowest BCUT2D eigenvalue weighted by atomic mass is 10.1. The van der Waals surface area contributed by atoms with E-state index in [1.807, 2.05) is 32.2 Å². The quantitative estimate of drug-likeness (QED) is 0.696. The summed E-state index contributed by atoms with van der Waals surface area (Å²) in [6, 6.07) is 4.04. The number of nitrogens with zero attached hydrogens (tertiary/aromatic N) is 4. The number of rotatable bonds is 1. The van der Waals surface area contributed by atoms with Gasteiger partial charge in [-0.2, -0.15) is 0 Å². The Morgan fingerprint density at radius 3 is 2.64 bits per heavy atom. The third-order valence-corrected chi connectivity index (χ3v) is 1.89. The minimum absolute atomic E-state index is 0.520. The zero-order chi connectivity index (χ0) is 10.6. The van der Waals surface area contributed by atoms with Gasteiger partial charge >= 0.3 is 0 Å². The first-order valence-corrected chi connectivity index (χ1v) is 4.95. The summed E-state index contributed by atoms with van der Waals surface area (Å²) in [5.41, 5.74) is 2.07. The number of fused-ring (bicyclic) bond motifs is 1. The summed E-state index contributed by atoms with van der Waals surface area (Å²) >= 11 is 0. The average Bonchev–Trinajstić information content (AvgIpc) is 2.67. The van der Waals surface area contributed by atoms with Crippen LogP contribution in [0.3, 0.4) is 0 Å². The molecule has 0 spiro atoms. The highest BCUT2D eigenvalue weighted by atomic mass is 15.5. The van der Waals surface area contributed by atoms with Crippen LogP contribution < -0.4 is 0 Å². The number of aromatic nitrogens is 4. The number of pyridine rings is 1. The Morgan fingerprint density at radius 2 is 2.00 bits per heavy atom. The fourth-order valence-corrected chi connectivity index (χ4v) is 1.11. The third kappa shape index (κ3) is 2.07. The molecular formula is C10H16N4. The predicted octanol–water partition coefficient (Wildman–Crippen LogP) is 2.27. The smallest absolute Gasteiger partial charge is 0.179 e. The van der Waals surface area contributed by atoms with Crippen LogP contribution in [0.15, 0.2) is 18.3 Å². The summed E-state index contributed by atoms with van der Waals surface area (Å²) in [5, 5.41) is 11.2. The standard InChI is InChI=1S/C8H10N4.C2H6/c1-6(2)7-3-4-12-8(5-7)9-10-11-12;1-2/h3-6H,1-2H3;1-2H3. The topological polar surface area (TPSA) is 43.1 Å². The van der Waals surface area contributed by atoms with Crippen LogP contribution in [0.2, 0.25) is 0 Å². The van der Waals surface area contributed by atoms with Crippen molar-refractivity contribution in [3.63, 3.8) is 0 Å². The molecule has 0 saturated carbocycles. The van der Waals surface area contributed by atoms with Gasteiger partial charge in [0.25, 0.3) is 0 Å². The van der Waals surface area contributed by atoms with Gasteiger partial charge < -0.3 is 0 Å². The molecule has 0 amide bonds. The van der Waals surface area contributed by atoms with Gasteiger partial charge in [0.15, 0.2) is 5.65 Å². The first-order valence-electron chi connectivity index (χ1n) is 4.95. The van der Waals surface area contributed by atoms with Crippen molar-refractivity contribution in [1.29, 1.82) is 0 Å². The third-order valence-electron chi connectivity index (χ3n) is 1.89. The second-order valence-electron chi connectivity index (χ2n) is 3.10. The van der Waals surface area contributed by atoms with Crippen molar-refractivity contribution >= 4 is 5.65 Å². The molecule has 2 heterocycles. The predicted molar refractivity (Wildman–Crippen MR) is 56.2 cm³/mol. The second kappa shape index (κ2) is 4.69. The lowest BCUT2D eigenvalue weighted by molar-refractivity contribution is 0.815. The van der Waals surface area contributed by atoms with Crippen molar-refractivity contribution in [1.82, 2.24) is 20.0 Å². The van der Waals surface area contributed by atoms with Gasteiger partial charge in [0.05, 0.1) is 0 Å². The molecule has 0 aromatic carbocycles. The van der Waals surface area contributed by atoms with E-state index in [1.54, 1.807) is 4.52 Å². The van der Waals surface area contributed by atoms with Crippen LogP contribution in [-0.2, 0) is 0 Å². The maximum absolute atomic E-state index is 3.86. The number of hydrogen-bond acceptors (Lipinski definition) is 3. The highest BCUT2D eigenvalue weighted by Crippen LogP contribution is 2.14. The molecule has 0 aliphatic carbocycles. The van der Waals surface area contributed by atoms with E-state index in [0.29, 0.717) is 5.92 Å². The van der Waals surface area contributed by atoms with Crippen LogP contribution in [-0.4, -0.2) is 20.0 Å². The monoisotopic (exact) mass is 192 g/mol. The summed E-state index contributed by atoms with van der Waals surface area (Å²) in [7, 11) is 0. The molecule has 4 heteroatoms. The highest BCUT2D eigenvalue weighted by molar-refractivity contribution is 5.39. The highest BCUT2D eigenvalue weighted by Gasteiger charge is 2.01. The van der Waals surface area contributed by atoms with Gasteiger partial charge in [0.1, 0.15) is 0 Å². The molecule has 0 atom stereocenters. The van der Waals surface area contributed by atoms with Crippen LogP contribution in [0.4, 0.5) is 0 Å². The van der Waals surface area contributed by atoms with E-state index >= 15 is 0 Å². The zero-order valence-corrected chi connectivity index (χ0v) is 9.10. The van der Waals surface area contributed by atoms with Crippen molar-refractivity contribution in [2.45, 2.75) is 33.6 Å². The average molecular weight is 192 g/mol. The van der Waals surface area contributed by atoms with Gasteiger partial charge in [-0.15, -0.1) is 5.10 Å². The molecule has 0 radical (unpaired) electrons. The van der Waals surface area contributed by atoms with E-state index in [9.17, 15) is 0 Å². The lowest BCUT2D eigenvalue weighted by Gasteiger charge is -2.02. The van der Waals surface area contributed by atoms with Crippen molar-refractivity contribution < 1.29 is 0 Å². The molecule has 0 aliphatic rings. The van der Waals surface area contributed by atoms with E-state index < -0.39 is 0 Å². The fraction of sp³-hybridized carbons (Fsp3) is 0.500. The molecule has 2 aromatic heterocycles. The maximum Gasteiger partial charge on any atom is 0.179 e. The molecule has 0 N–H and O–H groups in total. The van der Waals surface area contributed by atoms with E-state index in [1.165, 1.54) is 5.56 Å². The summed E-state index contributed by atoms with van der Waals surface area (Å²) in [6.45, 7) is 8.30. The minimum Gasteiger partial charge on any atom is -0.201 e. The number of tetrazole rings is 1. The van der Waals surface area contributed by atoms with E-state index in [0.717, 1.165) is 5.65 Å². The molecule has 4 nitrogen and oxygen atoms in total. The van der Waals surface area contributed by atoms with Crippen molar-refractivity contribution in [2.75, 3.05) is 0 Å². The van der Waals surface area contributed by atoms with Gasteiger partial charge in [-0.3, -0.25) is 0 Å². The molecule has 14 heavy (non-hydrogen) atoms. The Labute approximate surface area is 83.9 Å². The molecular weight excluding hydrogens is 176 g/mol. The summed E-state index contributed by atoms with van der Waals surface area (Å²) in [4.78, 5) is 0. The van der Waals surface area contributed by atoms with Gasteiger partial charge in [-0.25, -0.2) is 4.52 Å². The van der Waals surface area contributed by atoms with Gasteiger partial charge in [0, 0.05) is 6.20 Å². The first kappa shape index (κ1) is 10.6. The SMILES string of the molecule is CC.CC(C)c1ccn2nnnc2c1. The largest absolute Gasteiger partial charge is 0.201 e. The Bertz CT molecular complexity index is 392. The number of hydrogen-bond donors (Lipinski definition) is 0. The molecule has 2 aromatic rings. The normalized spacial score (nSPS) is 10.1. The summed E-state index contributed by atoms with van der Waals surface area (Å²) in [6.07, 6.45) is 1.88. The molecule has 76 valence electrons. The second-order valence-corrected chi connectivity index (χ2v) is 3.10. The van der Waals surface area contributed by atoms with Gasteiger partial charge in [-0.05, 0) is 34.0 Å². The van der Waals surface area contributed by atoms with Crippen LogP contribution >= 0.6 is 0 Å². The first-order chi connectivity index (χ1) is 6.77. The summed E-state index contributed by atoms with van der Waals surface area (Å²) in [5.74, 6) is 0.520. The Morgan fingerprint density at radius 1 is 1.29 bits per heavy atom. The van der Waals surface area contributed by atoms with Crippen LogP contribution in [0.1, 0.15) is 39.2 Å². The van der Waals surface area contributed by atoms with E-state index in [4.69, 9.17) is 0 Å². The van der Waals surface area contributed by atoms with E-state index in [2.05, 4.69) is 29.4 Å². The minimum atomic E-state index is 0.520. The lowest BCUT2D eigenvalue weighted by Crippen LogP contribution is -1.91. The zero-order valence-electron chi connectivity index (χ0n) is 9.10. The fourth-order valence-electron chi connectivity index (χ4n) is 1.11. The molecule has 0 aliphatic heterocycles. The van der Waals surface area contributed by atoms with Crippen molar-refractivity contribution in [3.05, 3.63) is 23.9 Å². The Hall–Kier alpha value is -1.45. The van der Waals surface area contributed by atoms with Gasteiger partial charge in [0.2, 0.25) is 0 Å². The molecule has 0 saturated heterocycles. The molecule has 0 unspecified atom stereocenters. The van der Waals surface area contributed by atoms with Gasteiger partial charge in [-0.1, -0.05) is 27.7 Å². The van der Waals surface area contributed by atoms with Crippen LogP contribution in [0.5, 0.6) is 0 Å². The van der Waals surface area contributed by atoms with Crippen molar-refractivity contribution in [2.24, 2.45) is 0 Å². The molecule has 0 fully saturated rings. The maximum atomic E-state index is 3.86. The van der Waals surface area contributed by atoms with Crippen LogP contribution in [0.25, 0.3) is 5.65 Å². The van der Waals surface area contributed by atoms with E-state index in [-0.39, 0.29) is 0 Å². The Balaban J connectivity index is 0.000000461. The Kier molecular flexibility index (Phi) is 3.56.